The number of halogens is 3. The average Bonchev–Trinajstić information content (AvgIpc) is 2.70. The van der Waals surface area contributed by atoms with Crippen LogP contribution in [0.5, 0.6) is 5.75 Å². The maximum absolute atomic E-state index is 14.0. The van der Waals surface area contributed by atoms with Gasteiger partial charge in [0, 0.05) is 37.4 Å². The quantitative estimate of drug-likeness (QED) is 0.558. The summed E-state index contributed by atoms with van der Waals surface area (Å²) in [7, 11) is 4.62. The van der Waals surface area contributed by atoms with Crippen LogP contribution in [0, 0.1) is 5.82 Å². The molecule has 0 spiro atoms. The van der Waals surface area contributed by atoms with Crippen molar-refractivity contribution >= 4 is 45.6 Å². The molecule has 0 saturated heterocycles. The van der Waals surface area contributed by atoms with E-state index in [9.17, 15) is 13.6 Å². The molecule has 2 N–H and O–H groups in total. The molecular formula is C20H18ClF2N5O2. The van der Waals surface area contributed by atoms with Crippen molar-refractivity contribution in [1.82, 2.24) is 14.9 Å². The van der Waals surface area contributed by atoms with Crippen molar-refractivity contribution in [3.8, 4) is 5.75 Å². The smallest absolute Gasteiger partial charge is 0.286 e. The molecule has 7 nitrogen and oxygen atoms in total. The van der Waals surface area contributed by atoms with E-state index in [1.807, 2.05) is 0 Å². The monoisotopic (exact) mass is 433 g/mol. The molecule has 0 fully saturated rings. The van der Waals surface area contributed by atoms with Gasteiger partial charge in [-0.3, -0.25) is 4.79 Å². The second kappa shape index (κ2) is 8.91. The fourth-order valence-electron chi connectivity index (χ4n) is 2.63. The van der Waals surface area contributed by atoms with Gasteiger partial charge < -0.3 is 20.3 Å². The minimum Gasteiger partial charge on any atom is -0.494 e. The Labute approximate surface area is 176 Å². The van der Waals surface area contributed by atoms with Gasteiger partial charge in [0.25, 0.3) is 5.91 Å². The summed E-state index contributed by atoms with van der Waals surface area (Å²) < 4.78 is 32.7. The van der Waals surface area contributed by atoms with Crippen LogP contribution in [0.1, 0.15) is 0 Å². The number of carbonyl (C=O) groups is 1. The van der Waals surface area contributed by atoms with Gasteiger partial charge >= 0.3 is 0 Å². The fraction of sp³-hybridized carbons (Fsp3) is 0.150. The second-order valence-corrected chi connectivity index (χ2v) is 6.85. The lowest BCUT2D eigenvalue weighted by atomic mass is 10.1. The first-order valence-electron chi connectivity index (χ1n) is 8.68. The summed E-state index contributed by atoms with van der Waals surface area (Å²) in [6.45, 7) is 0. The van der Waals surface area contributed by atoms with Crippen molar-refractivity contribution in [3.05, 3.63) is 59.5 Å². The Balaban J connectivity index is 2.01. The molecule has 0 aliphatic carbocycles. The number of nitrogens with zero attached hydrogens (tertiary/aromatic N) is 3. The molecule has 156 valence electrons. The number of fused-ring (bicyclic) bond motifs is 1. The highest BCUT2D eigenvalue weighted by molar-refractivity contribution is 6.31. The molecule has 30 heavy (non-hydrogen) atoms. The number of methoxy groups -OCH3 is 1. The zero-order valence-corrected chi connectivity index (χ0v) is 17.1. The third-order valence-electron chi connectivity index (χ3n) is 3.98. The van der Waals surface area contributed by atoms with E-state index < -0.39 is 17.6 Å². The second-order valence-electron chi connectivity index (χ2n) is 6.44. The summed E-state index contributed by atoms with van der Waals surface area (Å²) in [5.41, 5.74) is 1.25. The number of benzene rings is 2. The van der Waals surface area contributed by atoms with Crippen molar-refractivity contribution in [2.45, 2.75) is 0 Å². The Morgan fingerprint density at radius 2 is 2.00 bits per heavy atom. The first-order chi connectivity index (χ1) is 14.3. The number of carbonyl (C=O) groups excluding carboxylic acids is 1. The Kier molecular flexibility index (Phi) is 6.31. The van der Waals surface area contributed by atoms with E-state index in [1.54, 1.807) is 26.2 Å². The zero-order valence-electron chi connectivity index (χ0n) is 16.3. The Hall–Kier alpha value is -3.46. The van der Waals surface area contributed by atoms with Gasteiger partial charge in [0.15, 0.2) is 0 Å². The van der Waals surface area contributed by atoms with Gasteiger partial charge in [-0.1, -0.05) is 11.6 Å². The molecule has 0 atom stereocenters. The van der Waals surface area contributed by atoms with Crippen LogP contribution in [0.4, 0.5) is 26.0 Å². The van der Waals surface area contributed by atoms with Gasteiger partial charge in [0.2, 0.25) is 5.83 Å². The van der Waals surface area contributed by atoms with E-state index in [2.05, 4.69) is 20.6 Å². The summed E-state index contributed by atoms with van der Waals surface area (Å²) >= 11 is 5.83. The summed E-state index contributed by atoms with van der Waals surface area (Å²) in [5, 5.41) is 5.99. The van der Waals surface area contributed by atoms with Crippen LogP contribution in [0.15, 0.2) is 48.7 Å². The molecule has 1 amide bonds. The first kappa shape index (κ1) is 21.3. The van der Waals surface area contributed by atoms with Gasteiger partial charge in [-0.25, -0.2) is 14.4 Å². The highest BCUT2D eigenvalue weighted by Gasteiger charge is 2.16. The average molecular weight is 434 g/mol. The van der Waals surface area contributed by atoms with Crippen molar-refractivity contribution in [3.63, 3.8) is 0 Å². The number of anilines is 3. The number of hydrogen-bond acceptors (Lipinski definition) is 6. The number of ether oxygens (including phenoxy) is 1. The van der Waals surface area contributed by atoms with Crippen LogP contribution in [-0.2, 0) is 4.79 Å². The molecule has 0 aliphatic rings. The molecule has 0 unspecified atom stereocenters. The van der Waals surface area contributed by atoms with Crippen LogP contribution in [0.25, 0.3) is 10.9 Å². The zero-order chi connectivity index (χ0) is 21.8. The third kappa shape index (κ3) is 4.74. The summed E-state index contributed by atoms with van der Waals surface area (Å²) in [6.07, 6.45) is 2.39. The number of nitrogens with one attached hydrogen (secondary N) is 2. The van der Waals surface area contributed by atoms with Gasteiger partial charge in [0.05, 0.1) is 23.3 Å². The normalized spacial score (nSPS) is 11.3. The molecule has 1 aromatic heterocycles. The van der Waals surface area contributed by atoms with Crippen LogP contribution in [-0.4, -0.2) is 42.0 Å². The Morgan fingerprint density at radius 1 is 1.23 bits per heavy atom. The van der Waals surface area contributed by atoms with Crippen LogP contribution in [0.3, 0.4) is 0 Å². The summed E-state index contributed by atoms with van der Waals surface area (Å²) in [5.74, 6) is -1.77. The Bertz CT molecular complexity index is 1140. The largest absolute Gasteiger partial charge is 0.494 e. The first-order valence-corrected chi connectivity index (χ1v) is 9.06. The number of aromatic nitrogens is 2. The van der Waals surface area contributed by atoms with Crippen molar-refractivity contribution in [2.75, 3.05) is 31.8 Å². The van der Waals surface area contributed by atoms with Crippen molar-refractivity contribution in [2.24, 2.45) is 0 Å². The van der Waals surface area contributed by atoms with Crippen LogP contribution in [0.2, 0.25) is 5.02 Å². The summed E-state index contributed by atoms with van der Waals surface area (Å²) in [6, 6.07) is 7.29. The molecule has 3 aromatic rings. The highest BCUT2D eigenvalue weighted by Crippen LogP contribution is 2.33. The molecule has 2 aromatic carbocycles. The van der Waals surface area contributed by atoms with Crippen LogP contribution >= 0.6 is 11.6 Å². The highest BCUT2D eigenvalue weighted by atomic mass is 35.5. The standard InChI is InChI=1S/C20H18ClF2N5O2/c1-28(2)9-15(23)20(29)27-17-7-12-16(8-18(17)30-3)24-10-25-19(12)26-11-4-5-14(22)13(21)6-11/h4-10H,1-3H3,(H,27,29)(H,24,25,26). The summed E-state index contributed by atoms with van der Waals surface area (Å²) in [4.78, 5) is 22.0. The van der Waals surface area contributed by atoms with Crippen LogP contribution < -0.4 is 15.4 Å². The van der Waals surface area contributed by atoms with E-state index in [4.69, 9.17) is 16.3 Å². The molecule has 1 heterocycles. The van der Waals surface area contributed by atoms with E-state index in [1.165, 1.54) is 36.5 Å². The van der Waals surface area contributed by atoms with Gasteiger partial charge in [-0.15, -0.1) is 0 Å². The topological polar surface area (TPSA) is 79.4 Å². The van der Waals surface area contributed by atoms with Crippen molar-refractivity contribution in [1.29, 1.82) is 0 Å². The molecule has 0 bridgehead atoms. The lowest BCUT2D eigenvalue weighted by Gasteiger charge is -2.14. The molecule has 0 aliphatic heterocycles. The fourth-order valence-corrected chi connectivity index (χ4v) is 2.81. The maximum Gasteiger partial charge on any atom is 0.286 e. The minimum absolute atomic E-state index is 0.0452. The van der Waals surface area contributed by atoms with Crippen molar-refractivity contribution < 1.29 is 18.3 Å². The number of rotatable bonds is 6. The van der Waals surface area contributed by atoms with Gasteiger partial charge in [0.1, 0.15) is 23.7 Å². The van der Waals surface area contributed by atoms with E-state index in [-0.39, 0.29) is 10.7 Å². The third-order valence-corrected chi connectivity index (χ3v) is 4.27. The number of amides is 1. The maximum atomic E-state index is 14.0. The van der Waals surface area contributed by atoms with E-state index >= 15 is 0 Å². The van der Waals surface area contributed by atoms with Gasteiger partial charge in [-0.2, -0.15) is 4.39 Å². The van der Waals surface area contributed by atoms with E-state index in [0.29, 0.717) is 28.2 Å². The van der Waals surface area contributed by atoms with Gasteiger partial charge in [-0.05, 0) is 24.3 Å². The Morgan fingerprint density at radius 3 is 2.67 bits per heavy atom. The molecule has 0 radical (unpaired) electrons. The lowest BCUT2D eigenvalue weighted by Crippen LogP contribution is -2.15. The lowest BCUT2D eigenvalue weighted by molar-refractivity contribution is -0.114. The number of hydrogen-bond donors (Lipinski definition) is 2. The molecular weight excluding hydrogens is 416 g/mol. The molecule has 10 heteroatoms. The molecule has 0 saturated carbocycles. The SMILES string of the molecule is COc1cc2ncnc(Nc3ccc(F)c(Cl)c3)c2cc1NC(=O)C(F)=CN(C)C. The predicted octanol–water partition coefficient (Wildman–Crippen LogP) is 4.49. The van der Waals surface area contributed by atoms with E-state index in [0.717, 1.165) is 6.20 Å². The molecule has 3 rings (SSSR count). The predicted molar refractivity (Wildman–Crippen MR) is 112 cm³/mol. The minimum atomic E-state index is -0.967.